The Hall–Kier alpha value is -0.660. The molecule has 94 valence electrons. The number of carbonyl (C=O) groups is 1. The normalized spacial score (nSPS) is 22.8. The van der Waals surface area contributed by atoms with E-state index in [-0.39, 0.29) is 13.2 Å². The number of amides is 1. The van der Waals surface area contributed by atoms with Crippen molar-refractivity contribution in [3.05, 3.63) is 0 Å². The van der Waals surface area contributed by atoms with E-state index < -0.39 is 26.8 Å². The van der Waals surface area contributed by atoms with Crippen molar-refractivity contribution in [3.8, 4) is 0 Å². The molecule has 0 aromatic carbocycles. The van der Waals surface area contributed by atoms with Gasteiger partial charge in [0.2, 0.25) is 11.3 Å². The maximum Gasteiger partial charge on any atom is 0.264 e. The van der Waals surface area contributed by atoms with Crippen molar-refractivity contribution < 1.29 is 22.7 Å². The first-order chi connectivity index (χ1) is 7.23. The van der Waals surface area contributed by atoms with E-state index in [1.807, 2.05) is 4.72 Å². The lowest BCUT2D eigenvalue weighted by atomic mass is 9.96. The Balaban J connectivity index is 2.68. The second-order valence-electron chi connectivity index (χ2n) is 4.60. The third-order valence-corrected chi connectivity index (χ3v) is 3.48. The Kier molecular flexibility index (Phi) is 3.92. The van der Waals surface area contributed by atoms with Crippen LogP contribution in [0.5, 0.6) is 0 Å². The average molecular weight is 251 g/mol. The molecule has 6 nitrogen and oxygen atoms in total. The maximum atomic E-state index is 11.7. The number of hydrogen-bond acceptors (Lipinski definition) is 5. The first-order valence-electron chi connectivity index (χ1n) is 4.99. The summed E-state index contributed by atoms with van der Waals surface area (Å²) in [5.74, 6) is -0.554. The lowest BCUT2D eigenvalue weighted by Crippen LogP contribution is -2.47. The van der Waals surface area contributed by atoms with E-state index in [1.165, 1.54) is 0 Å². The summed E-state index contributed by atoms with van der Waals surface area (Å²) in [5.41, 5.74) is -1.87. The molecule has 0 aromatic heterocycles. The zero-order valence-electron chi connectivity index (χ0n) is 9.65. The smallest absolute Gasteiger partial charge is 0.264 e. The van der Waals surface area contributed by atoms with Crippen LogP contribution < -0.4 is 4.72 Å². The van der Waals surface area contributed by atoms with Crippen LogP contribution in [-0.2, 0) is 24.3 Å². The van der Waals surface area contributed by atoms with Gasteiger partial charge in [0.25, 0.3) is 10.0 Å². The highest BCUT2D eigenvalue weighted by Crippen LogP contribution is 2.15. The van der Waals surface area contributed by atoms with E-state index in [0.717, 1.165) is 0 Å². The van der Waals surface area contributed by atoms with Gasteiger partial charge in [0.05, 0.1) is 19.8 Å². The molecule has 7 heteroatoms. The highest BCUT2D eigenvalue weighted by Gasteiger charge is 2.33. The van der Waals surface area contributed by atoms with Crippen molar-refractivity contribution in [2.45, 2.75) is 26.2 Å². The van der Waals surface area contributed by atoms with Crippen molar-refractivity contribution in [2.24, 2.45) is 5.41 Å². The number of rotatable bonds is 2. The van der Waals surface area contributed by atoms with Gasteiger partial charge in [0.1, 0.15) is 0 Å². The molecular weight excluding hydrogens is 234 g/mol. The predicted molar refractivity (Wildman–Crippen MR) is 57.1 cm³/mol. The summed E-state index contributed by atoms with van der Waals surface area (Å²) in [6.07, 6.45) is 0. The minimum atomic E-state index is -3.81. The van der Waals surface area contributed by atoms with Crippen molar-refractivity contribution in [1.29, 1.82) is 0 Å². The molecule has 1 aliphatic heterocycles. The van der Waals surface area contributed by atoms with Gasteiger partial charge in [0, 0.05) is 5.41 Å². The van der Waals surface area contributed by atoms with Crippen LogP contribution in [-0.4, -0.2) is 39.6 Å². The zero-order chi connectivity index (χ0) is 12.4. The van der Waals surface area contributed by atoms with Crippen molar-refractivity contribution in [2.75, 3.05) is 19.8 Å². The van der Waals surface area contributed by atoms with Crippen LogP contribution in [0.1, 0.15) is 20.8 Å². The van der Waals surface area contributed by atoms with Gasteiger partial charge in [-0.2, -0.15) is 0 Å². The van der Waals surface area contributed by atoms with E-state index >= 15 is 0 Å². The summed E-state index contributed by atoms with van der Waals surface area (Å²) >= 11 is 0. The Morgan fingerprint density at radius 3 is 2.38 bits per heavy atom. The SMILES string of the molecule is CC(C)(C)C(=O)NS(=O)(=O)C1COCCO1. The van der Waals surface area contributed by atoms with E-state index in [4.69, 9.17) is 9.47 Å². The highest BCUT2D eigenvalue weighted by atomic mass is 32.2. The molecule has 1 saturated heterocycles. The van der Waals surface area contributed by atoms with Gasteiger partial charge in [0.15, 0.2) is 0 Å². The van der Waals surface area contributed by atoms with Gasteiger partial charge in [-0.1, -0.05) is 20.8 Å². The second-order valence-corrected chi connectivity index (χ2v) is 6.42. The van der Waals surface area contributed by atoms with Crippen LogP contribution in [0.15, 0.2) is 0 Å². The molecule has 1 fully saturated rings. The van der Waals surface area contributed by atoms with Crippen molar-refractivity contribution in [1.82, 2.24) is 4.72 Å². The number of hydrogen-bond donors (Lipinski definition) is 1. The Morgan fingerprint density at radius 1 is 1.31 bits per heavy atom. The van der Waals surface area contributed by atoms with Crippen molar-refractivity contribution in [3.63, 3.8) is 0 Å². The van der Waals surface area contributed by atoms with Crippen LogP contribution in [0.3, 0.4) is 0 Å². The first-order valence-corrected chi connectivity index (χ1v) is 6.53. The predicted octanol–water partition coefficient (Wildman–Crippen LogP) is -0.149. The molecule has 0 bridgehead atoms. The van der Waals surface area contributed by atoms with Crippen LogP contribution in [0.4, 0.5) is 0 Å². The minimum Gasteiger partial charge on any atom is -0.375 e. The topological polar surface area (TPSA) is 81.7 Å². The summed E-state index contributed by atoms with van der Waals surface area (Å²) < 4.78 is 35.4. The molecule has 1 rings (SSSR count). The molecule has 1 amide bonds. The van der Waals surface area contributed by atoms with Crippen molar-refractivity contribution >= 4 is 15.9 Å². The zero-order valence-corrected chi connectivity index (χ0v) is 10.5. The molecule has 0 radical (unpaired) electrons. The Morgan fingerprint density at radius 2 is 1.94 bits per heavy atom. The van der Waals surface area contributed by atoms with Gasteiger partial charge in [-0.25, -0.2) is 8.42 Å². The summed E-state index contributed by atoms with van der Waals surface area (Å²) in [7, 11) is -3.81. The van der Waals surface area contributed by atoms with Crippen LogP contribution in [0.2, 0.25) is 0 Å². The molecule has 0 aromatic rings. The number of nitrogens with one attached hydrogen (secondary N) is 1. The van der Waals surface area contributed by atoms with Gasteiger partial charge in [-0.05, 0) is 0 Å². The molecule has 1 heterocycles. The fourth-order valence-corrected chi connectivity index (χ4v) is 2.24. The highest BCUT2D eigenvalue weighted by molar-refractivity contribution is 7.90. The largest absolute Gasteiger partial charge is 0.375 e. The summed E-state index contributed by atoms with van der Waals surface area (Å²) in [6, 6.07) is 0. The molecule has 0 aliphatic carbocycles. The van der Waals surface area contributed by atoms with Crippen LogP contribution in [0, 0.1) is 5.41 Å². The molecule has 1 aliphatic rings. The number of carbonyl (C=O) groups excluding carboxylic acids is 1. The van der Waals surface area contributed by atoms with Gasteiger partial charge < -0.3 is 9.47 Å². The molecule has 0 spiro atoms. The second kappa shape index (κ2) is 4.68. The standard InChI is InChI=1S/C9H17NO5S/c1-9(2,3)8(11)10-16(12,13)7-6-14-4-5-15-7/h7H,4-6H2,1-3H3,(H,10,11). The third-order valence-electron chi connectivity index (χ3n) is 2.05. The van der Waals surface area contributed by atoms with E-state index in [2.05, 4.69) is 0 Å². The van der Waals surface area contributed by atoms with Gasteiger partial charge in [-0.3, -0.25) is 9.52 Å². The fraction of sp³-hybridized carbons (Fsp3) is 0.889. The fourth-order valence-electron chi connectivity index (χ4n) is 0.993. The van der Waals surface area contributed by atoms with E-state index in [1.54, 1.807) is 20.8 Å². The quantitative estimate of drug-likeness (QED) is 0.738. The van der Waals surface area contributed by atoms with Crippen LogP contribution in [0.25, 0.3) is 0 Å². The molecule has 16 heavy (non-hydrogen) atoms. The van der Waals surface area contributed by atoms with E-state index in [0.29, 0.717) is 6.61 Å². The minimum absolute atomic E-state index is 0.0489. The number of sulfonamides is 1. The summed E-state index contributed by atoms with van der Waals surface area (Å²) in [6.45, 7) is 5.45. The molecule has 1 atom stereocenters. The Bertz CT molecular complexity index is 351. The average Bonchev–Trinajstić information content (AvgIpc) is 2.17. The monoisotopic (exact) mass is 251 g/mol. The van der Waals surface area contributed by atoms with Crippen LogP contribution >= 0.6 is 0 Å². The van der Waals surface area contributed by atoms with Gasteiger partial charge in [-0.15, -0.1) is 0 Å². The Labute approximate surface area is 95.4 Å². The molecule has 1 N–H and O–H groups in total. The number of ether oxygens (including phenoxy) is 2. The summed E-state index contributed by atoms with van der Waals surface area (Å²) in [4.78, 5) is 11.5. The molecule has 1 unspecified atom stereocenters. The first kappa shape index (κ1) is 13.4. The molecular formula is C9H17NO5S. The van der Waals surface area contributed by atoms with Gasteiger partial charge >= 0.3 is 0 Å². The maximum absolute atomic E-state index is 11.7. The summed E-state index contributed by atoms with van der Waals surface area (Å²) in [5, 5.41) is 0. The molecule has 0 saturated carbocycles. The lowest BCUT2D eigenvalue weighted by molar-refractivity contribution is -0.126. The van der Waals surface area contributed by atoms with E-state index in [9.17, 15) is 13.2 Å². The lowest BCUT2D eigenvalue weighted by Gasteiger charge is -2.25. The third kappa shape index (κ3) is 3.43.